The van der Waals surface area contributed by atoms with Crippen molar-refractivity contribution in [3.63, 3.8) is 0 Å². The van der Waals surface area contributed by atoms with Gasteiger partial charge >= 0.3 is 11.9 Å². The Morgan fingerprint density at radius 3 is 1.85 bits per heavy atom. The van der Waals surface area contributed by atoms with Crippen molar-refractivity contribution in [2.24, 2.45) is 0 Å². The topological polar surface area (TPSA) is 77.5 Å². The zero-order chi connectivity index (χ0) is 26.5. The summed E-state index contributed by atoms with van der Waals surface area (Å²) in [6.07, 6.45) is 3.88. The smallest absolute Gasteiger partial charge is 0.311 e. The third-order valence-electron chi connectivity index (χ3n) is 6.64. The first-order valence-electron chi connectivity index (χ1n) is 13.0. The highest BCUT2D eigenvalue weighted by atomic mass is 35.5. The summed E-state index contributed by atoms with van der Waals surface area (Å²) in [6.45, 7) is 5.44. The number of hydrogen-bond acceptors (Lipinski definition) is 8. The molecule has 0 atom stereocenters. The maximum Gasteiger partial charge on any atom is 0.311 e. The quantitative estimate of drug-likeness (QED) is 0.168. The van der Waals surface area contributed by atoms with Gasteiger partial charge in [0.1, 0.15) is 0 Å². The molecule has 2 aromatic rings. The molecule has 0 spiro atoms. The van der Waals surface area contributed by atoms with E-state index in [-0.39, 0.29) is 36.8 Å². The number of benzene rings is 2. The molecular weight excluding hydrogens is 543 g/mol. The fourth-order valence-electron chi connectivity index (χ4n) is 4.52. The molecule has 8 nitrogen and oxygen atoms in total. The van der Waals surface area contributed by atoms with Gasteiger partial charge in [0.25, 0.3) is 0 Å². The van der Waals surface area contributed by atoms with E-state index in [0.717, 1.165) is 57.5 Å². The second-order valence-corrected chi connectivity index (χ2v) is 9.29. The van der Waals surface area contributed by atoms with E-state index in [1.165, 1.54) is 12.7 Å². The fourth-order valence-corrected chi connectivity index (χ4v) is 4.52. The summed E-state index contributed by atoms with van der Waals surface area (Å²) in [5.41, 5.74) is 2.23. The largest absolute Gasteiger partial charge is 0.493 e. The molecule has 0 unspecified atom stereocenters. The normalized spacial score (nSPS) is 13.5. The lowest BCUT2D eigenvalue weighted by molar-refractivity contribution is -0.140. The molecular formula is C29H42Cl2N2O6. The van der Waals surface area contributed by atoms with Crippen LogP contribution in [-0.4, -0.2) is 69.2 Å². The van der Waals surface area contributed by atoms with E-state index in [9.17, 15) is 9.59 Å². The van der Waals surface area contributed by atoms with Gasteiger partial charge in [-0.25, -0.2) is 0 Å². The zero-order valence-electron chi connectivity index (χ0n) is 23.2. The number of rotatable bonds is 14. The van der Waals surface area contributed by atoms with Gasteiger partial charge in [-0.15, -0.1) is 24.8 Å². The molecule has 2 aromatic carbocycles. The number of carbonyl (C=O) groups is 2. The lowest BCUT2D eigenvalue weighted by Crippen LogP contribution is -2.45. The molecule has 10 heteroatoms. The van der Waals surface area contributed by atoms with Crippen LogP contribution in [0.15, 0.2) is 42.5 Å². The highest BCUT2D eigenvalue weighted by Gasteiger charge is 2.23. The van der Waals surface area contributed by atoms with Crippen LogP contribution in [-0.2, 0) is 27.4 Å². The molecule has 0 saturated carbocycles. The standard InChI is InChI=1S/C29H40N2O6.2ClH/c1-34-25-16-15-24(22-31-19-17-30(18-20-31)21-23-11-7-6-8-12-23)28(29(25)36-3)37-27(33)14-10-5-4-9-13-26(32)35-2;;/h6-8,11-12,15-16H,4-5,9-10,13-14,17-22H2,1-3H3;2*1H. The van der Waals surface area contributed by atoms with E-state index < -0.39 is 0 Å². The Bertz CT molecular complexity index is 1000. The number of hydrogen-bond donors (Lipinski definition) is 0. The van der Waals surface area contributed by atoms with Crippen LogP contribution >= 0.6 is 24.8 Å². The highest BCUT2D eigenvalue weighted by molar-refractivity contribution is 5.85. The van der Waals surface area contributed by atoms with Crippen LogP contribution < -0.4 is 14.2 Å². The molecule has 0 N–H and O–H groups in total. The van der Waals surface area contributed by atoms with Crippen molar-refractivity contribution in [3.8, 4) is 17.2 Å². The van der Waals surface area contributed by atoms with Gasteiger partial charge in [-0.1, -0.05) is 49.2 Å². The summed E-state index contributed by atoms with van der Waals surface area (Å²) in [7, 11) is 4.53. The van der Waals surface area contributed by atoms with Crippen molar-refractivity contribution in [3.05, 3.63) is 53.6 Å². The van der Waals surface area contributed by atoms with Crippen molar-refractivity contribution in [2.45, 2.75) is 51.6 Å². The Labute approximate surface area is 244 Å². The molecule has 0 bridgehead atoms. The van der Waals surface area contributed by atoms with Crippen LogP contribution in [0.1, 0.15) is 49.7 Å². The van der Waals surface area contributed by atoms with E-state index in [2.05, 4.69) is 38.8 Å². The first kappa shape index (κ1) is 34.5. The lowest BCUT2D eigenvalue weighted by Gasteiger charge is -2.35. The van der Waals surface area contributed by atoms with E-state index in [4.69, 9.17) is 14.2 Å². The molecule has 0 aromatic heterocycles. The predicted octanol–water partition coefficient (Wildman–Crippen LogP) is 5.28. The maximum atomic E-state index is 12.7. The van der Waals surface area contributed by atoms with Crippen molar-refractivity contribution in [2.75, 3.05) is 47.5 Å². The van der Waals surface area contributed by atoms with Gasteiger partial charge in [0.05, 0.1) is 21.3 Å². The lowest BCUT2D eigenvalue weighted by atomic mass is 10.1. The third-order valence-corrected chi connectivity index (χ3v) is 6.64. The Balaban J connectivity index is 0.00000380. The zero-order valence-corrected chi connectivity index (χ0v) is 24.8. The third kappa shape index (κ3) is 11.2. The molecule has 1 saturated heterocycles. The van der Waals surface area contributed by atoms with Crippen LogP contribution in [0.25, 0.3) is 0 Å². The average molecular weight is 586 g/mol. The Hall–Kier alpha value is -2.52. The first-order chi connectivity index (χ1) is 18.0. The number of carbonyl (C=O) groups excluding carboxylic acids is 2. The molecule has 1 heterocycles. The van der Waals surface area contributed by atoms with Crippen LogP contribution in [0, 0.1) is 0 Å². The highest BCUT2D eigenvalue weighted by Crippen LogP contribution is 2.41. The van der Waals surface area contributed by atoms with Crippen LogP contribution in [0.5, 0.6) is 17.2 Å². The monoisotopic (exact) mass is 584 g/mol. The number of esters is 2. The van der Waals surface area contributed by atoms with Crippen molar-refractivity contribution >= 4 is 36.8 Å². The summed E-state index contributed by atoms with van der Waals surface area (Å²) in [5.74, 6) is 0.908. The molecule has 1 aliphatic heterocycles. The number of unbranched alkanes of at least 4 members (excludes halogenated alkanes) is 3. The van der Waals surface area contributed by atoms with E-state index in [0.29, 0.717) is 43.1 Å². The minimum Gasteiger partial charge on any atom is -0.493 e. The van der Waals surface area contributed by atoms with Gasteiger partial charge in [-0.3, -0.25) is 19.4 Å². The summed E-state index contributed by atoms with van der Waals surface area (Å²) in [6, 6.07) is 14.3. The van der Waals surface area contributed by atoms with Crippen LogP contribution in [0.2, 0.25) is 0 Å². The number of methoxy groups -OCH3 is 3. The molecule has 1 fully saturated rings. The first-order valence-corrected chi connectivity index (χ1v) is 13.0. The summed E-state index contributed by atoms with van der Waals surface area (Å²) in [4.78, 5) is 28.8. The van der Waals surface area contributed by atoms with Gasteiger partial charge in [-0.05, 0) is 24.5 Å². The molecule has 218 valence electrons. The summed E-state index contributed by atoms with van der Waals surface area (Å²) < 4.78 is 21.6. The predicted molar refractivity (Wildman–Crippen MR) is 156 cm³/mol. The second kappa shape index (κ2) is 18.7. The van der Waals surface area contributed by atoms with E-state index >= 15 is 0 Å². The van der Waals surface area contributed by atoms with Crippen molar-refractivity contribution in [1.29, 1.82) is 0 Å². The molecule has 39 heavy (non-hydrogen) atoms. The minimum atomic E-state index is -0.298. The Kier molecular flexibility index (Phi) is 16.6. The summed E-state index contributed by atoms with van der Waals surface area (Å²) >= 11 is 0. The van der Waals surface area contributed by atoms with Gasteiger partial charge in [0.2, 0.25) is 5.75 Å². The van der Waals surface area contributed by atoms with Crippen molar-refractivity contribution < 1.29 is 28.5 Å². The molecule has 0 amide bonds. The Morgan fingerprint density at radius 1 is 0.692 bits per heavy atom. The average Bonchev–Trinajstić information content (AvgIpc) is 2.92. The Morgan fingerprint density at radius 2 is 1.28 bits per heavy atom. The second-order valence-electron chi connectivity index (χ2n) is 9.29. The number of ether oxygens (including phenoxy) is 4. The SMILES string of the molecule is COC(=O)CCCCCCC(=O)Oc1c(CN2CCN(Cc3ccccc3)CC2)ccc(OC)c1OC.Cl.Cl. The van der Waals surface area contributed by atoms with Crippen LogP contribution in [0.4, 0.5) is 0 Å². The number of piperazine rings is 1. The number of halogens is 2. The minimum absolute atomic E-state index is 0. The maximum absolute atomic E-state index is 12.7. The van der Waals surface area contributed by atoms with Crippen molar-refractivity contribution in [1.82, 2.24) is 9.80 Å². The molecule has 0 radical (unpaired) electrons. The van der Waals surface area contributed by atoms with Gasteiger partial charge in [-0.2, -0.15) is 0 Å². The van der Waals surface area contributed by atoms with E-state index in [1.54, 1.807) is 14.2 Å². The van der Waals surface area contributed by atoms with Gasteiger partial charge in [0.15, 0.2) is 11.5 Å². The molecule has 0 aliphatic carbocycles. The number of nitrogens with zero attached hydrogens (tertiary/aromatic N) is 2. The van der Waals surface area contributed by atoms with Gasteiger partial charge < -0.3 is 18.9 Å². The van der Waals surface area contributed by atoms with Gasteiger partial charge in [0, 0.05) is 57.7 Å². The molecule has 3 rings (SSSR count). The fraction of sp³-hybridized carbons (Fsp3) is 0.517. The van der Waals surface area contributed by atoms with E-state index in [1.807, 2.05) is 18.2 Å². The van der Waals surface area contributed by atoms with Crippen LogP contribution in [0.3, 0.4) is 0 Å². The summed E-state index contributed by atoms with van der Waals surface area (Å²) in [5, 5.41) is 0. The molecule has 1 aliphatic rings.